The second-order valence-electron chi connectivity index (χ2n) is 4.86. The van der Waals surface area contributed by atoms with E-state index in [4.69, 9.17) is 4.74 Å². The van der Waals surface area contributed by atoms with Crippen molar-refractivity contribution in [3.8, 4) is 5.75 Å². The van der Waals surface area contributed by atoms with Crippen molar-refractivity contribution in [1.29, 1.82) is 0 Å². The summed E-state index contributed by atoms with van der Waals surface area (Å²) in [5, 5.41) is 12.9. The smallest absolute Gasteiger partial charge is 0.227 e. The molecule has 0 saturated heterocycles. The lowest BCUT2D eigenvalue weighted by molar-refractivity contribution is -0.118. The first-order valence-corrected chi connectivity index (χ1v) is 6.77. The van der Waals surface area contributed by atoms with Gasteiger partial charge in [-0.25, -0.2) is 0 Å². The highest BCUT2D eigenvalue weighted by atomic mass is 16.5. The predicted molar refractivity (Wildman–Crippen MR) is 82.4 cm³/mol. The van der Waals surface area contributed by atoms with Crippen molar-refractivity contribution in [1.82, 2.24) is 0 Å². The number of aryl methyl sites for hydroxylation is 1. The maximum absolute atomic E-state index is 12.0. The largest absolute Gasteiger partial charge is 0.497 e. The normalized spacial score (nSPS) is 11.8. The van der Waals surface area contributed by atoms with Crippen LogP contribution in [-0.4, -0.2) is 18.1 Å². The fourth-order valence-corrected chi connectivity index (χ4v) is 2.03. The lowest BCUT2D eigenvalue weighted by Crippen LogP contribution is -2.16. The third kappa shape index (κ3) is 4.07. The molecule has 4 heteroatoms. The quantitative estimate of drug-likeness (QED) is 0.887. The lowest BCUT2D eigenvalue weighted by atomic mass is 10.1. The molecule has 0 aliphatic rings. The Bertz CT molecular complexity index is 611. The van der Waals surface area contributed by atoms with Gasteiger partial charge in [0.25, 0.3) is 0 Å². The molecule has 1 unspecified atom stereocenters. The summed E-state index contributed by atoms with van der Waals surface area (Å²) < 4.78 is 5.14. The summed E-state index contributed by atoms with van der Waals surface area (Å²) in [6.07, 6.45) is -0.794. The number of methoxy groups -OCH3 is 1. The summed E-state index contributed by atoms with van der Waals surface area (Å²) in [7, 11) is 1.58. The van der Waals surface area contributed by atoms with Crippen LogP contribution in [0.25, 0.3) is 0 Å². The Morgan fingerprint density at radius 2 is 1.95 bits per heavy atom. The van der Waals surface area contributed by atoms with Gasteiger partial charge in [0, 0.05) is 11.8 Å². The summed E-state index contributed by atoms with van der Waals surface area (Å²) >= 11 is 0. The van der Waals surface area contributed by atoms with E-state index in [1.54, 1.807) is 25.3 Å². The number of aliphatic hydroxyl groups is 1. The lowest BCUT2D eigenvalue weighted by Gasteiger charge is -2.13. The van der Waals surface area contributed by atoms with E-state index in [2.05, 4.69) is 5.32 Å². The molecule has 110 valence electrons. The van der Waals surface area contributed by atoms with Crippen LogP contribution in [0, 0.1) is 6.92 Å². The van der Waals surface area contributed by atoms with Gasteiger partial charge >= 0.3 is 0 Å². The first-order valence-electron chi connectivity index (χ1n) is 6.77. The minimum Gasteiger partial charge on any atom is -0.497 e. The average molecular weight is 285 g/mol. The number of carbonyl (C=O) groups excluding carboxylic acids is 1. The van der Waals surface area contributed by atoms with Crippen molar-refractivity contribution in [3.05, 3.63) is 59.7 Å². The molecule has 21 heavy (non-hydrogen) atoms. The number of nitrogens with one attached hydrogen (secondary N) is 1. The van der Waals surface area contributed by atoms with Crippen LogP contribution in [-0.2, 0) is 4.79 Å². The Balaban J connectivity index is 2.02. The Morgan fingerprint density at radius 3 is 2.62 bits per heavy atom. The number of ether oxygens (including phenoxy) is 1. The number of benzene rings is 2. The molecule has 2 rings (SSSR count). The number of carbonyl (C=O) groups is 1. The molecular weight excluding hydrogens is 266 g/mol. The summed E-state index contributed by atoms with van der Waals surface area (Å²) in [5.41, 5.74) is 2.37. The molecule has 2 aromatic carbocycles. The molecule has 0 fully saturated rings. The Hall–Kier alpha value is -2.33. The Labute approximate surface area is 124 Å². The highest BCUT2D eigenvalue weighted by molar-refractivity contribution is 5.92. The van der Waals surface area contributed by atoms with E-state index in [0.717, 1.165) is 11.1 Å². The Kier molecular flexibility index (Phi) is 4.95. The number of hydrogen-bond acceptors (Lipinski definition) is 3. The number of amides is 1. The maximum Gasteiger partial charge on any atom is 0.227 e. The third-order valence-corrected chi connectivity index (χ3v) is 3.28. The highest BCUT2D eigenvalue weighted by Gasteiger charge is 2.13. The van der Waals surface area contributed by atoms with Crippen LogP contribution >= 0.6 is 0 Å². The van der Waals surface area contributed by atoms with Crippen LogP contribution in [0.4, 0.5) is 5.69 Å². The van der Waals surface area contributed by atoms with Crippen molar-refractivity contribution < 1.29 is 14.6 Å². The van der Waals surface area contributed by atoms with E-state index in [9.17, 15) is 9.90 Å². The van der Waals surface area contributed by atoms with Crippen molar-refractivity contribution in [2.75, 3.05) is 12.4 Å². The molecule has 0 aliphatic heterocycles. The monoisotopic (exact) mass is 285 g/mol. The van der Waals surface area contributed by atoms with E-state index >= 15 is 0 Å². The summed E-state index contributed by atoms with van der Waals surface area (Å²) in [6.45, 7) is 1.91. The van der Waals surface area contributed by atoms with Gasteiger partial charge < -0.3 is 15.2 Å². The molecule has 0 bridgehead atoms. The molecule has 4 nitrogen and oxygen atoms in total. The van der Waals surface area contributed by atoms with Gasteiger partial charge in [-0.1, -0.05) is 36.4 Å². The molecule has 2 aromatic rings. The summed E-state index contributed by atoms with van der Waals surface area (Å²) in [4.78, 5) is 12.0. The van der Waals surface area contributed by atoms with Gasteiger partial charge in [0.15, 0.2) is 0 Å². The number of rotatable bonds is 5. The molecule has 0 radical (unpaired) electrons. The molecule has 0 spiro atoms. The van der Waals surface area contributed by atoms with Crippen LogP contribution in [0.5, 0.6) is 5.75 Å². The van der Waals surface area contributed by atoms with Crippen LogP contribution in [0.1, 0.15) is 23.7 Å². The van der Waals surface area contributed by atoms with Crippen LogP contribution < -0.4 is 10.1 Å². The first kappa shape index (κ1) is 15.1. The first-order chi connectivity index (χ1) is 10.1. The van der Waals surface area contributed by atoms with Gasteiger partial charge in [-0.05, 0) is 24.1 Å². The zero-order valence-electron chi connectivity index (χ0n) is 12.2. The van der Waals surface area contributed by atoms with Gasteiger partial charge in [0.2, 0.25) is 5.91 Å². The zero-order valence-corrected chi connectivity index (χ0v) is 12.2. The van der Waals surface area contributed by atoms with E-state index < -0.39 is 6.10 Å². The van der Waals surface area contributed by atoms with E-state index in [1.807, 2.05) is 37.3 Å². The standard InChI is InChI=1S/C17H19NO3/c1-12-8-9-14(21-2)10-15(12)18-17(20)11-16(19)13-6-4-3-5-7-13/h3-10,16,19H,11H2,1-2H3,(H,18,20). The summed E-state index contributed by atoms with van der Waals surface area (Å²) in [6, 6.07) is 14.6. The van der Waals surface area contributed by atoms with Gasteiger partial charge in [0.05, 0.1) is 19.6 Å². The molecular formula is C17H19NO3. The van der Waals surface area contributed by atoms with Crippen molar-refractivity contribution >= 4 is 11.6 Å². The fourth-order valence-electron chi connectivity index (χ4n) is 2.03. The number of hydrogen-bond donors (Lipinski definition) is 2. The topological polar surface area (TPSA) is 58.6 Å². The van der Waals surface area contributed by atoms with E-state index in [0.29, 0.717) is 11.4 Å². The number of anilines is 1. The molecule has 1 atom stereocenters. The molecule has 0 aliphatic carbocycles. The zero-order chi connectivity index (χ0) is 15.2. The average Bonchev–Trinajstić information content (AvgIpc) is 2.50. The molecule has 2 N–H and O–H groups in total. The van der Waals surface area contributed by atoms with Crippen molar-refractivity contribution in [3.63, 3.8) is 0 Å². The van der Waals surface area contributed by atoms with E-state index in [-0.39, 0.29) is 12.3 Å². The fraction of sp³-hybridized carbons (Fsp3) is 0.235. The van der Waals surface area contributed by atoms with Gasteiger partial charge in [-0.3, -0.25) is 4.79 Å². The Morgan fingerprint density at radius 1 is 1.24 bits per heavy atom. The minimum atomic E-state index is -0.808. The van der Waals surface area contributed by atoms with Gasteiger partial charge in [-0.2, -0.15) is 0 Å². The second kappa shape index (κ2) is 6.90. The van der Waals surface area contributed by atoms with Crippen molar-refractivity contribution in [2.45, 2.75) is 19.4 Å². The van der Waals surface area contributed by atoms with Gasteiger partial charge in [0.1, 0.15) is 5.75 Å². The van der Waals surface area contributed by atoms with Crippen LogP contribution in [0.3, 0.4) is 0 Å². The van der Waals surface area contributed by atoms with Gasteiger partial charge in [-0.15, -0.1) is 0 Å². The molecule has 0 saturated carbocycles. The van der Waals surface area contributed by atoms with Crippen LogP contribution in [0.2, 0.25) is 0 Å². The molecule has 0 aromatic heterocycles. The molecule has 0 heterocycles. The predicted octanol–water partition coefficient (Wildman–Crippen LogP) is 3.07. The second-order valence-corrected chi connectivity index (χ2v) is 4.86. The molecule has 1 amide bonds. The minimum absolute atomic E-state index is 0.0145. The maximum atomic E-state index is 12.0. The van der Waals surface area contributed by atoms with E-state index in [1.165, 1.54) is 0 Å². The number of aliphatic hydroxyl groups excluding tert-OH is 1. The van der Waals surface area contributed by atoms with Crippen LogP contribution in [0.15, 0.2) is 48.5 Å². The highest BCUT2D eigenvalue weighted by Crippen LogP contribution is 2.23. The third-order valence-electron chi connectivity index (χ3n) is 3.28. The SMILES string of the molecule is COc1ccc(C)c(NC(=O)CC(O)c2ccccc2)c1. The van der Waals surface area contributed by atoms with Crippen molar-refractivity contribution in [2.24, 2.45) is 0 Å². The summed E-state index contributed by atoms with van der Waals surface area (Å²) in [5.74, 6) is 0.446.